The van der Waals surface area contributed by atoms with Crippen molar-refractivity contribution < 1.29 is 14.3 Å². The molecule has 142 valence electrons. The van der Waals surface area contributed by atoms with E-state index in [1.165, 1.54) is 5.56 Å². The van der Waals surface area contributed by atoms with Gasteiger partial charge < -0.3 is 14.8 Å². The number of nitrogens with zero attached hydrogens (tertiary/aromatic N) is 2. The summed E-state index contributed by atoms with van der Waals surface area (Å²) in [4.78, 5) is 12.2. The van der Waals surface area contributed by atoms with Crippen LogP contribution in [0.15, 0.2) is 52.7 Å². The molecule has 0 radical (unpaired) electrons. The molecule has 1 saturated heterocycles. The van der Waals surface area contributed by atoms with Crippen molar-refractivity contribution in [1.82, 2.24) is 0 Å². The Bertz CT molecular complexity index is 797. The fraction of sp³-hybridized carbons (Fsp3) is 0.381. The number of hydrogen-bond donors (Lipinski definition) is 1. The Kier molecular flexibility index (Phi) is 6.68. The van der Waals surface area contributed by atoms with Crippen LogP contribution in [0.5, 0.6) is 0 Å². The highest BCUT2D eigenvalue weighted by molar-refractivity contribution is 5.94. The summed E-state index contributed by atoms with van der Waals surface area (Å²) in [6, 6.07) is 13.4. The smallest absolute Gasteiger partial charge is 0.250 e. The Morgan fingerprint density at radius 3 is 2.67 bits per heavy atom. The summed E-state index contributed by atoms with van der Waals surface area (Å²) in [7, 11) is 0. The molecule has 1 fully saturated rings. The van der Waals surface area contributed by atoms with E-state index in [-0.39, 0.29) is 18.6 Å². The second-order valence-electron chi connectivity index (χ2n) is 6.75. The van der Waals surface area contributed by atoms with E-state index in [0.29, 0.717) is 18.0 Å². The number of nitrogens with one attached hydrogen (secondary N) is 1. The molecule has 1 aliphatic rings. The maximum absolute atomic E-state index is 12.2. The van der Waals surface area contributed by atoms with Gasteiger partial charge in [0.15, 0.2) is 0 Å². The molecule has 3 rings (SSSR count). The number of amides is 1. The van der Waals surface area contributed by atoms with Crippen molar-refractivity contribution in [3.8, 4) is 0 Å². The lowest BCUT2D eigenvalue weighted by molar-refractivity contribution is -0.121. The molecule has 27 heavy (non-hydrogen) atoms. The van der Waals surface area contributed by atoms with Gasteiger partial charge in [0.25, 0.3) is 0 Å². The van der Waals surface area contributed by atoms with E-state index in [1.807, 2.05) is 56.3 Å². The largest absolute Gasteiger partial charge is 0.376 e. The van der Waals surface area contributed by atoms with Crippen molar-refractivity contribution in [2.45, 2.75) is 32.8 Å². The summed E-state index contributed by atoms with van der Waals surface area (Å²) >= 11 is 0. The molecule has 1 heterocycles. The minimum atomic E-state index is -0.219. The Labute approximate surface area is 159 Å². The Morgan fingerprint density at radius 1 is 1.15 bits per heavy atom. The number of anilines is 1. The second kappa shape index (κ2) is 9.39. The molecule has 2 aromatic rings. The summed E-state index contributed by atoms with van der Waals surface area (Å²) in [5, 5.41) is 11.4. The standard InChI is InChI=1S/C21H25N3O3/c1-15-5-8-17(9-6-15)23-24-20-12-16(2)7-10-19(20)22-21(25)14-26-13-18-4-3-11-27-18/h5-10,12,18H,3-4,11,13-14H2,1-2H3,(H,22,25). The summed E-state index contributed by atoms with van der Waals surface area (Å²) in [6.07, 6.45) is 2.15. The summed E-state index contributed by atoms with van der Waals surface area (Å²) in [5.41, 5.74) is 4.20. The zero-order valence-electron chi connectivity index (χ0n) is 15.8. The molecule has 0 aliphatic carbocycles. The first kappa shape index (κ1) is 19.2. The van der Waals surface area contributed by atoms with Gasteiger partial charge in [-0.1, -0.05) is 23.8 Å². The first-order valence-corrected chi connectivity index (χ1v) is 9.18. The van der Waals surface area contributed by atoms with Crippen LogP contribution in [0.25, 0.3) is 0 Å². The van der Waals surface area contributed by atoms with Crippen molar-refractivity contribution in [1.29, 1.82) is 0 Å². The minimum Gasteiger partial charge on any atom is -0.376 e. The van der Waals surface area contributed by atoms with E-state index < -0.39 is 0 Å². The summed E-state index contributed by atoms with van der Waals surface area (Å²) < 4.78 is 10.9. The lowest BCUT2D eigenvalue weighted by Gasteiger charge is -2.11. The van der Waals surface area contributed by atoms with Crippen molar-refractivity contribution in [2.24, 2.45) is 10.2 Å². The van der Waals surface area contributed by atoms with Crippen LogP contribution in [0.3, 0.4) is 0 Å². The maximum Gasteiger partial charge on any atom is 0.250 e. The molecular formula is C21H25N3O3. The highest BCUT2D eigenvalue weighted by Gasteiger charge is 2.16. The van der Waals surface area contributed by atoms with Crippen LogP contribution in [0, 0.1) is 13.8 Å². The topological polar surface area (TPSA) is 72.3 Å². The molecule has 0 spiro atoms. The third-order valence-corrected chi connectivity index (χ3v) is 4.30. The predicted octanol–water partition coefficient (Wildman–Crippen LogP) is 4.85. The normalized spacial score (nSPS) is 16.7. The quantitative estimate of drug-likeness (QED) is 0.711. The number of azo groups is 1. The zero-order chi connectivity index (χ0) is 19.1. The van der Waals surface area contributed by atoms with Crippen LogP contribution < -0.4 is 5.32 Å². The van der Waals surface area contributed by atoms with E-state index in [0.717, 1.165) is 30.7 Å². The Morgan fingerprint density at radius 2 is 1.93 bits per heavy atom. The molecule has 6 heteroatoms. The second-order valence-corrected chi connectivity index (χ2v) is 6.75. The van der Waals surface area contributed by atoms with Gasteiger partial charge in [0.2, 0.25) is 5.91 Å². The highest BCUT2D eigenvalue weighted by atomic mass is 16.5. The maximum atomic E-state index is 12.2. The number of carbonyl (C=O) groups is 1. The van der Waals surface area contributed by atoms with Crippen molar-refractivity contribution in [3.63, 3.8) is 0 Å². The molecule has 0 bridgehead atoms. The van der Waals surface area contributed by atoms with Crippen LogP contribution in [0.2, 0.25) is 0 Å². The monoisotopic (exact) mass is 367 g/mol. The third kappa shape index (κ3) is 5.98. The molecule has 1 atom stereocenters. The molecule has 2 aromatic carbocycles. The van der Waals surface area contributed by atoms with Gasteiger partial charge in [-0.25, -0.2) is 0 Å². The van der Waals surface area contributed by atoms with Crippen LogP contribution >= 0.6 is 0 Å². The van der Waals surface area contributed by atoms with E-state index in [9.17, 15) is 4.79 Å². The molecule has 1 aliphatic heterocycles. The Hall–Kier alpha value is -2.57. The van der Waals surface area contributed by atoms with Crippen LogP contribution in [-0.4, -0.2) is 31.8 Å². The number of benzene rings is 2. The molecular weight excluding hydrogens is 342 g/mol. The van der Waals surface area contributed by atoms with Gasteiger partial charge in [-0.05, 0) is 56.5 Å². The zero-order valence-corrected chi connectivity index (χ0v) is 15.8. The molecule has 1 amide bonds. The third-order valence-electron chi connectivity index (χ3n) is 4.30. The predicted molar refractivity (Wildman–Crippen MR) is 105 cm³/mol. The minimum absolute atomic E-state index is 0.0116. The molecule has 0 saturated carbocycles. The molecule has 1 N–H and O–H groups in total. The lowest BCUT2D eigenvalue weighted by atomic mass is 10.2. The van der Waals surface area contributed by atoms with Gasteiger partial charge >= 0.3 is 0 Å². The number of hydrogen-bond acceptors (Lipinski definition) is 5. The van der Waals surface area contributed by atoms with Crippen molar-refractivity contribution >= 4 is 23.0 Å². The average Bonchev–Trinajstić information content (AvgIpc) is 3.16. The van der Waals surface area contributed by atoms with Crippen LogP contribution in [0.4, 0.5) is 17.1 Å². The number of carbonyl (C=O) groups excluding carboxylic acids is 1. The fourth-order valence-electron chi connectivity index (χ4n) is 2.80. The number of ether oxygens (including phenoxy) is 2. The van der Waals surface area contributed by atoms with Crippen molar-refractivity contribution in [2.75, 3.05) is 25.1 Å². The van der Waals surface area contributed by atoms with Gasteiger partial charge in [-0.15, -0.1) is 5.11 Å². The summed E-state index contributed by atoms with van der Waals surface area (Å²) in [5.74, 6) is -0.219. The first-order chi connectivity index (χ1) is 13.1. The first-order valence-electron chi connectivity index (χ1n) is 9.18. The van der Waals surface area contributed by atoms with Gasteiger partial charge in [0, 0.05) is 6.61 Å². The van der Waals surface area contributed by atoms with E-state index in [1.54, 1.807) is 0 Å². The number of aryl methyl sites for hydroxylation is 2. The highest BCUT2D eigenvalue weighted by Crippen LogP contribution is 2.28. The Balaban J connectivity index is 1.60. The summed E-state index contributed by atoms with van der Waals surface area (Å²) in [6.45, 7) is 5.21. The van der Waals surface area contributed by atoms with E-state index >= 15 is 0 Å². The SMILES string of the molecule is Cc1ccc(N=Nc2cc(C)ccc2NC(=O)COCC2CCCO2)cc1. The van der Waals surface area contributed by atoms with Gasteiger partial charge in [0.1, 0.15) is 12.3 Å². The van der Waals surface area contributed by atoms with Gasteiger partial charge in [-0.3, -0.25) is 4.79 Å². The van der Waals surface area contributed by atoms with Crippen LogP contribution in [-0.2, 0) is 14.3 Å². The van der Waals surface area contributed by atoms with Crippen LogP contribution in [0.1, 0.15) is 24.0 Å². The van der Waals surface area contributed by atoms with E-state index in [2.05, 4.69) is 15.5 Å². The average molecular weight is 367 g/mol. The van der Waals surface area contributed by atoms with E-state index in [4.69, 9.17) is 9.47 Å². The fourth-order valence-corrected chi connectivity index (χ4v) is 2.80. The molecule has 6 nitrogen and oxygen atoms in total. The van der Waals surface area contributed by atoms with Gasteiger partial charge in [0.05, 0.1) is 24.1 Å². The molecule has 0 aromatic heterocycles. The number of rotatable bonds is 7. The molecule has 1 unspecified atom stereocenters. The van der Waals surface area contributed by atoms with Gasteiger partial charge in [-0.2, -0.15) is 5.11 Å². The lowest BCUT2D eigenvalue weighted by Crippen LogP contribution is -2.22. The van der Waals surface area contributed by atoms with Crippen molar-refractivity contribution in [3.05, 3.63) is 53.6 Å².